The van der Waals surface area contributed by atoms with Crippen LogP contribution in [0.25, 0.3) is 0 Å². The van der Waals surface area contributed by atoms with Crippen molar-refractivity contribution < 1.29 is 9.53 Å². The molecule has 0 atom stereocenters. The Balaban J connectivity index is 2.04. The summed E-state index contributed by atoms with van der Waals surface area (Å²) in [5.74, 6) is 1.19. The van der Waals surface area contributed by atoms with Crippen molar-refractivity contribution in [1.29, 1.82) is 0 Å². The summed E-state index contributed by atoms with van der Waals surface area (Å²) in [4.78, 5) is 11.5. The van der Waals surface area contributed by atoms with E-state index >= 15 is 0 Å². The minimum atomic E-state index is -0.124. The molecular formula is C13H16ClNO2. The van der Waals surface area contributed by atoms with Gasteiger partial charge in [0.1, 0.15) is 5.75 Å². The van der Waals surface area contributed by atoms with Crippen LogP contribution < -0.4 is 10.5 Å². The quantitative estimate of drug-likeness (QED) is 0.821. The maximum absolute atomic E-state index is 11.5. The number of hydrogen-bond donors (Lipinski definition) is 1. The summed E-state index contributed by atoms with van der Waals surface area (Å²) < 4.78 is 5.65. The fourth-order valence-corrected chi connectivity index (χ4v) is 2.02. The van der Waals surface area contributed by atoms with Crippen molar-refractivity contribution in [2.45, 2.75) is 19.3 Å². The lowest BCUT2D eigenvalue weighted by atomic mass is 9.86. The molecule has 1 aromatic rings. The van der Waals surface area contributed by atoms with Gasteiger partial charge in [0.2, 0.25) is 0 Å². The molecule has 0 aliphatic heterocycles. The highest BCUT2D eigenvalue weighted by Gasteiger charge is 2.18. The van der Waals surface area contributed by atoms with Crippen molar-refractivity contribution >= 4 is 17.4 Å². The van der Waals surface area contributed by atoms with Crippen LogP contribution in [0.2, 0.25) is 5.02 Å². The Morgan fingerprint density at radius 2 is 2.18 bits per heavy atom. The van der Waals surface area contributed by atoms with Gasteiger partial charge in [0.25, 0.3) is 0 Å². The lowest BCUT2D eigenvalue weighted by molar-refractivity contribution is 0.100. The van der Waals surface area contributed by atoms with Gasteiger partial charge in [0.05, 0.1) is 13.2 Å². The lowest BCUT2D eigenvalue weighted by Crippen LogP contribution is -2.19. The molecule has 0 saturated heterocycles. The van der Waals surface area contributed by atoms with Gasteiger partial charge in [-0.1, -0.05) is 18.0 Å². The zero-order chi connectivity index (χ0) is 12.3. The van der Waals surface area contributed by atoms with Gasteiger partial charge in [0.15, 0.2) is 5.78 Å². The Bertz CT molecular complexity index is 416. The van der Waals surface area contributed by atoms with Crippen LogP contribution in [0, 0.1) is 5.92 Å². The minimum absolute atomic E-state index is 0.0115. The zero-order valence-electron chi connectivity index (χ0n) is 9.62. The van der Waals surface area contributed by atoms with E-state index < -0.39 is 0 Å². The first kappa shape index (κ1) is 12.4. The molecule has 0 aromatic heterocycles. The smallest absolute Gasteiger partial charge is 0.176 e. The van der Waals surface area contributed by atoms with Crippen molar-refractivity contribution in [2.75, 3.05) is 13.2 Å². The van der Waals surface area contributed by atoms with Crippen LogP contribution in [-0.4, -0.2) is 18.9 Å². The average Bonchev–Trinajstić information content (AvgIpc) is 2.25. The number of ketones is 1. The SMILES string of the molecule is NCC(=O)c1cc(Cl)cc(OCC2CCC2)c1. The number of benzene rings is 1. The Labute approximate surface area is 106 Å². The molecule has 0 radical (unpaired) electrons. The van der Waals surface area contributed by atoms with Crippen LogP contribution in [0.3, 0.4) is 0 Å². The number of carbonyl (C=O) groups is 1. The summed E-state index contributed by atoms with van der Waals surface area (Å²) in [5.41, 5.74) is 5.84. The number of nitrogens with two attached hydrogens (primary N) is 1. The molecule has 1 aliphatic carbocycles. The molecular weight excluding hydrogens is 238 g/mol. The molecule has 1 aromatic carbocycles. The fraction of sp³-hybridized carbons (Fsp3) is 0.462. The van der Waals surface area contributed by atoms with E-state index in [-0.39, 0.29) is 12.3 Å². The minimum Gasteiger partial charge on any atom is -0.493 e. The lowest BCUT2D eigenvalue weighted by Gasteiger charge is -2.25. The van der Waals surface area contributed by atoms with Crippen LogP contribution in [0.5, 0.6) is 5.75 Å². The Morgan fingerprint density at radius 3 is 2.76 bits per heavy atom. The number of halogens is 1. The summed E-state index contributed by atoms with van der Waals surface area (Å²) in [6, 6.07) is 5.06. The van der Waals surface area contributed by atoms with Crippen LogP contribution in [0.15, 0.2) is 18.2 Å². The number of hydrogen-bond acceptors (Lipinski definition) is 3. The van der Waals surface area contributed by atoms with E-state index in [9.17, 15) is 4.79 Å². The molecule has 92 valence electrons. The molecule has 2 rings (SSSR count). The van der Waals surface area contributed by atoms with Crippen molar-refractivity contribution in [3.63, 3.8) is 0 Å². The second-order valence-electron chi connectivity index (χ2n) is 4.41. The van der Waals surface area contributed by atoms with Crippen molar-refractivity contribution in [3.8, 4) is 5.75 Å². The number of carbonyl (C=O) groups excluding carboxylic acids is 1. The molecule has 0 bridgehead atoms. The van der Waals surface area contributed by atoms with Crippen molar-refractivity contribution in [2.24, 2.45) is 11.7 Å². The molecule has 0 heterocycles. The number of ether oxygens (including phenoxy) is 1. The highest BCUT2D eigenvalue weighted by Crippen LogP contribution is 2.28. The molecule has 0 amide bonds. The molecule has 1 saturated carbocycles. The molecule has 4 heteroatoms. The largest absolute Gasteiger partial charge is 0.493 e. The predicted octanol–water partition coefficient (Wildman–Crippen LogP) is 2.66. The van der Waals surface area contributed by atoms with Crippen molar-refractivity contribution in [1.82, 2.24) is 0 Å². The molecule has 1 aliphatic rings. The molecule has 2 N–H and O–H groups in total. The third-order valence-electron chi connectivity index (χ3n) is 3.09. The van der Waals surface area contributed by atoms with Gasteiger partial charge in [-0.2, -0.15) is 0 Å². The topological polar surface area (TPSA) is 52.3 Å². The summed E-state index contributed by atoms with van der Waals surface area (Å²) >= 11 is 5.94. The maximum Gasteiger partial charge on any atom is 0.176 e. The molecule has 3 nitrogen and oxygen atoms in total. The number of rotatable bonds is 5. The second kappa shape index (κ2) is 5.52. The van der Waals surface area contributed by atoms with Gasteiger partial charge in [-0.05, 0) is 37.0 Å². The third kappa shape index (κ3) is 3.20. The first-order chi connectivity index (χ1) is 8.19. The second-order valence-corrected chi connectivity index (χ2v) is 4.85. The van der Waals surface area contributed by atoms with Crippen molar-refractivity contribution in [3.05, 3.63) is 28.8 Å². The summed E-state index contributed by atoms with van der Waals surface area (Å²) in [6.07, 6.45) is 3.75. The normalized spacial score (nSPS) is 15.4. The Morgan fingerprint density at radius 1 is 1.41 bits per heavy atom. The van der Waals surface area contributed by atoms with Gasteiger partial charge < -0.3 is 10.5 Å². The van der Waals surface area contributed by atoms with Gasteiger partial charge in [0, 0.05) is 10.6 Å². The molecule has 0 unspecified atom stereocenters. The van der Waals surface area contributed by atoms with E-state index in [2.05, 4.69) is 0 Å². The molecule has 17 heavy (non-hydrogen) atoms. The third-order valence-corrected chi connectivity index (χ3v) is 3.31. The van der Waals surface area contributed by atoms with Gasteiger partial charge in [-0.15, -0.1) is 0 Å². The first-order valence-electron chi connectivity index (χ1n) is 5.85. The Kier molecular flexibility index (Phi) is 4.02. The molecule has 1 fully saturated rings. The fourth-order valence-electron chi connectivity index (χ4n) is 1.80. The van der Waals surface area contributed by atoms with E-state index in [1.54, 1.807) is 18.2 Å². The van der Waals surface area contributed by atoms with Crippen LogP contribution in [0.1, 0.15) is 29.6 Å². The van der Waals surface area contributed by atoms with Crippen LogP contribution in [-0.2, 0) is 0 Å². The standard InChI is InChI=1S/C13H16ClNO2/c14-11-4-10(13(16)7-15)5-12(6-11)17-8-9-2-1-3-9/h4-6,9H,1-3,7-8,15H2. The predicted molar refractivity (Wildman–Crippen MR) is 67.7 cm³/mol. The molecule has 0 spiro atoms. The van der Waals surface area contributed by atoms with E-state index in [0.29, 0.717) is 28.9 Å². The van der Waals surface area contributed by atoms with E-state index in [1.165, 1.54) is 19.3 Å². The summed E-state index contributed by atoms with van der Waals surface area (Å²) in [6.45, 7) is 0.693. The van der Waals surface area contributed by atoms with Gasteiger partial charge >= 0.3 is 0 Å². The first-order valence-corrected chi connectivity index (χ1v) is 6.23. The summed E-state index contributed by atoms with van der Waals surface area (Å²) in [5, 5.41) is 0.507. The monoisotopic (exact) mass is 253 g/mol. The van der Waals surface area contributed by atoms with Gasteiger partial charge in [-0.25, -0.2) is 0 Å². The van der Waals surface area contributed by atoms with E-state index in [0.717, 1.165) is 0 Å². The Hall–Kier alpha value is -1.06. The highest BCUT2D eigenvalue weighted by molar-refractivity contribution is 6.31. The maximum atomic E-state index is 11.5. The van der Waals surface area contributed by atoms with E-state index in [4.69, 9.17) is 22.1 Å². The number of Topliss-reactive ketones (excluding diaryl/α,β-unsaturated/α-hetero) is 1. The summed E-state index contributed by atoms with van der Waals surface area (Å²) in [7, 11) is 0. The average molecular weight is 254 g/mol. The highest BCUT2D eigenvalue weighted by atomic mass is 35.5. The van der Waals surface area contributed by atoms with Crippen LogP contribution >= 0.6 is 11.6 Å². The zero-order valence-corrected chi connectivity index (χ0v) is 10.4. The van der Waals surface area contributed by atoms with Gasteiger partial charge in [-0.3, -0.25) is 4.79 Å². The van der Waals surface area contributed by atoms with E-state index in [1.807, 2.05) is 0 Å². The van der Waals surface area contributed by atoms with Crippen LogP contribution in [0.4, 0.5) is 0 Å².